The minimum absolute atomic E-state index is 0.133. The summed E-state index contributed by atoms with van der Waals surface area (Å²) in [5.41, 5.74) is 0. The van der Waals surface area contributed by atoms with Crippen molar-refractivity contribution in [3.8, 4) is 5.75 Å². The molecule has 0 saturated heterocycles. The van der Waals surface area contributed by atoms with Gasteiger partial charge >= 0.3 is 0 Å². The van der Waals surface area contributed by atoms with E-state index in [0.717, 1.165) is 11.6 Å². The van der Waals surface area contributed by atoms with Gasteiger partial charge in [-0.2, -0.15) is 0 Å². The van der Waals surface area contributed by atoms with E-state index >= 15 is 0 Å². The van der Waals surface area contributed by atoms with E-state index in [2.05, 4.69) is 31.9 Å². The Hall–Kier alpha value is -2.94. The van der Waals surface area contributed by atoms with Gasteiger partial charge in [-0.15, -0.1) is 21.5 Å². The van der Waals surface area contributed by atoms with E-state index in [1.165, 1.54) is 17.0 Å². The monoisotopic (exact) mass is 416 g/mol. The smallest absolute Gasteiger partial charge is 0.192 e. The third-order valence-electron chi connectivity index (χ3n) is 4.28. The molecule has 2 aromatic heterocycles. The van der Waals surface area contributed by atoms with Crippen molar-refractivity contribution in [2.75, 3.05) is 6.54 Å². The summed E-state index contributed by atoms with van der Waals surface area (Å²) in [6.45, 7) is 5.46. The summed E-state index contributed by atoms with van der Waals surface area (Å²) in [6.07, 6.45) is -0.133. The fourth-order valence-corrected chi connectivity index (χ4v) is 3.17. The lowest BCUT2D eigenvalue weighted by molar-refractivity contribution is 0.223. The molecule has 1 atom stereocenters. The van der Waals surface area contributed by atoms with E-state index in [9.17, 15) is 4.39 Å². The molecule has 0 radical (unpaired) electrons. The second-order valence-electron chi connectivity index (χ2n) is 6.58. The molecule has 0 aliphatic heterocycles. The van der Waals surface area contributed by atoms with Gasteiger partial charge in [0.2, 0.25) is 0 Å². The zero-order chi connectivity index (χ0) is 20.6. The predicted molar refractivity (Wildman–Crippen MR) is 113 cm³/mol. The molecule has 2 N–H and O–H groups in total. The molecule has 9 heteroatoms. The Morgan fingerprint density at radius 3 is 2.69 bits per heavy atom. The van der Waals surface area contributed by atoms with Crippen molar-refractivity contribution in [3.63, 3.8) is 0 Å². The molecule has 0 amide bonds. The third-order valence-corrected chi connectivity index (χ3v) is 5.16. The summed E-state index contributed by atoms with van der Waals surface area (Å²) in [6, 6.07) is 10.1. The fraction of sp³-hybridized carbons (Fsp3) is 0.350. The molecule has 0 spiro atoms. The van der Waals surface area contributed by atoms with Crippen LogP contribution in [0.3, 0.4) is 0 Å². The first kappa shape index (κ1) is 20.8. The maximum Gasteiger partial charge on any atom is 0.192 e. The molecule has 3 rings (SSSR count). The average molecular weight is 417 g/mol. The minimum Gasteiger partial charge on any atom is -0.489 e. The van der Waals surface area contributed by atoms with Crippen LogP contribution >= 0.6 is 11.3 Å². The van der Waals surface area contributed by atoms with Crippen LogP contribution in [-0.4, -0.2) is 33.4 Å². The second kappa shape index (κ2) is 10.0. The second-order valence-corrected chi connectivity index (χ2v) is 7.62. The fourth-order valence-electron chi connectivity index (χ4n) is 2.52. The van der Waals surface area contributed by atoms with Gasteiger partial charge in [-0.3, -0.25) is 0 Å². The first-order valence-electron chi connectivity index (χ1n) is 9.33. The number of hydrogen-bond donors (Lipinski definition) is 2. The standard InChI is InChI=1S/C20H25FN6OS/c1-14(28-17-8-6-16(21)7-9-17)11-22-20(23-12-18-5-4-10-29-18)24-13-19-26-25-15(2)27(19)3/h4-10,14H,11-13H2,1-3H3,(H2,22,23,24). The number of aliphatic imine (C=N–C) groups is 1. The summed E-state index contributed by atoms with van der Waals surface area (Å²) >= 11 is 1.69. The average Bonchev–Trinajstić information content (AvgIpc) is 3.34. The molecule has 29 heavy (non-hydrogen) atoms. The first-order valence-corrected chi connectivity index (χ1v) is 10.2. The van der Waals surface area contributed by atoms with Crippen molar-refractivity contribution >= 4 is 17.3 Å². The molecular formula is C20H25FN6OS. The molecule has 154 valence electrons. The highest BCUT2D eigenvalue weighted by atomic mass is 32.1. The number of aryl methyl sites for hydroxylation is 1. The van der Waals surface area contributed by atoms with Crippen LogP contribution in [0, 0.1) is 12.7 Å². The molecular weight excluding hydrogens is 391 g/mol. The molecule has 3 aromatic rings. The van der Waals surface area contributed by atoms with Gasteiger partial charge < -0.3 is 19.9 Å². The lowest BCUT2D eigenvalue weighted by atomic mass is 10.3. The van der Waals surface area contributed by atoms with E-state index in [-0.39, 0.29) is 11.9 Å². The van der Waals surface area contributed by atoms with Gasteiger partial charge in [-0.05, 0) is 49.6 Å². The maximum atomic E-state index is 13.0. The highest BCUT2D eigenvalue weighted by molar-refractivity contribution is 7.09. The Bertz CT molecular complexity index is 923. The summed E-state index contributed by atoms with van der Waals surface area (Å²) in [4.78, 5) is 5.84. The number of aromatic nitrogens is 3. The minimum atomic E-state index is -0.283. The van der Waals surface area contributed by atoms with Crippen molar-refractivity contribution < 1.29 is 9.13 Å². The number of halogens is 1. The third kappa shape index (κ3) is 6.28. The number of ether oxygens (including phenoxy) is 1. The van der Waals surface area contributed by atoms with E-state index in [4.69, 9.17) is 4.74 Å². The number of hydrogen-bond acceptors (Lipinski definition) is 5. The van der Waals surface area contributed by atoms with E-state index in [1.807, 2.05) is 36.9 Å². The van der Waals surface area contributed by atoms with Gasteiger partial charge in [-0.25, -0.2) is 9.38 Å². The highest BCUT2D eigenvalue weighted by Gasteiger charge is 2.09. The van der Waals surface area contributed by atoms with Gasteiger partial charge in [0.1, 0.15) is 30.0 Å². The first-order chi connectivity index (χ1) is 14.0. The van der Waals surface area contributed by atoms with Crippen LogP contribution < -0.4 is 15.4 Å². The van der Waals surface area contributed by atoms with Crippen LogP contribution in [0.4, 0.5) is 4.39 Å². The highest BCUT2D eigenvalue weighted by Crippen LogP contribution is 2.12. The summed E-state index contributed by atoms with van der Waals surface area (Å²) < 4.78 is 20.8. The SMILES string of the molecule is Cc1nnc(CN=C(NCc2cccs2)NCC(C)Oc2ccc(F)cc2)n1C. The Morgan fingerprint density at radius 1 is 1.24 bits per heavy atom. The lowest BCUT2D eigenvalue weighted by Crippen LogP contribution is -2.41. The van der Waals surface area contributed by atoms with Crippen molar-refractivity contribution in [1.29, 1.82) is 0 Å². The number of guanidine groups is 1. The van der Waals surface area contributed by atoms with Gasteiger partial charge in [0.05, 0.1) is 13.1 Å². The lowest BCUT2D eigenvalue weighted by Gasteiger charge is -2.18. The molecule has 7 nitrogen and oxygen atoms in total. The number of nitrogens with one attached hydrogen (secondary N) is 2. The molecule has 2 heterocycles. The molecule has 1 unspecified atom stereocenters. The molecule has 0 bridgehead atoms. The number of thiophene rings is 1. The van der Waals surface area contributed by atoms with Crippen LogP contribution in [0.25, 0.3) is 0 Å². The van der Waals surface area contributed by atoms with Crippen LogP contribution in [0.1, 0.15) is 23.4 Å². The van der Waals surface area contributed by atoms with Crippen LogP contribution in [-0.2, 0) is 20.1 Å². The van der Waals surface area contributed by atoms with Gasteiger partial charge in [0.25, 0.3) is 0 Å². The Balaban J connectivity index is 1.59. The number of nitrogens with zero attached hydrogens (tertiary/aromatic N) is 4. The summed E-state index contributed by atoms with van der Waals surface area (Å²) in [5.74, 6) is 2.64. The Morgan fingerprint density at radius 2 is 2.03 bits per heavy atom. The predicted octanol–water partition coefficient (Wildman–Crippen LogP) is 3.03. The molecule has 1 aromatic carbocycles. The van der Waals surface area contributed by atoms with Crippen molar-refractivity contribution in [2.24, 2.45) is 12.0 Å². The molecule has 0 aliphatic carbocycles. The van der Waals surface area contributed by atoms with Gasteiger partial charge in [0, 0.05) is 11.9 Å². The van der Waals surface area contributed by atoms with Crippen molar-refractivity contribution in [3.05, 3.63) is 64.1 Å². The van der Waals surface area contributed by atoms with E-state index < -0.39 is 0 Å². The zero-order valence-corrected chi connectivity index (χ0v) is 17.5. The van der Waals surface area contributed by atoms with Crippen LogP contribution in [0.2, 0.25) is 0 Å². The summed E-state index contributed by atoms with van der Waals surface area (Å²) in [7, 11) is 1.92. The van der Waals surface area contributed by atoms with E-state index in [1.54, 1.807) is 23.5 Å². The van der Waals surface area contributed by atoms with Crippen molar-refractivity contribution in [2.45, 2.75) is 33.0 Å². The Labute approximate surface area is 173 Å². The molecule has 0 fully saturated rings. The topological polar surface area (TPSA) is 76.4 Å². The number of rotatable bonds is 8. The number of benzene rings is 1. The zero-order valence-electron chi connectivity index (χ0n) is 16.7. The Kier molecular flexibility index (Phi) is 7.18. The van der Waals surface area contributed by atoms with Gasteiger partial charge in [0.15, 0.2) is 11.8 Å². The van der Waals surface area contributed by atoms with Crippen molar-refractivity contribution in [1.82, 2.24) is 25.4 Å². The van der Waals surface area contributed by atoms with Crippen LogP contribution in [0.5, 0.6) is 5.75 Å². The van der Waals surface area contributed by atoms with Crippen LogP contribution in [0.15, 0.2) is 46.8 Å². The van der Waals surface area contributed by atoms with Gasteiger partial charge in [-0.1, -0.05) is 6.07 Å². The maximum absolute atomic E-state index is 13.0. The quantitative estimate of drug-likeness (QED) is 0.436. The summed E-state index contributed by atoms with van der Waals surface area (Å²) in [5, 5.41) is 16.9. The normalized spacial score (nSPS) is 12.6. The molecule has 0 aliphatic rings. The molecule has 0 saturated carbocycles. The van der Waals surface area contributed by atoms with E-state index in [0.29, 0.717) is 31.3 Å². The largest absolute Gasteiger partial charge is 0.489 e.